The normalized spacial score (nSPS) is 18.1. The van der Waals surface area contributed by atoms with Crippen LogP contribution in [-0.2, 0) is 12.8 Å². The van der Waals surface area contributed by atoms with E-state index < -0.39 is 6.36 Å². The highest BCUT2D eigenvalue weighted by atomic mass is 19.4. The Labute approximate surface area is 174 Å². The SMILES string of the molecule is COc1cc2c(NC3CCN(C(C)C)CC3)c3c(nc2cc1OC(F)(F)F)CCC3. The van der Waals surface area contributed by atoms with Crippen LogP contribution in [-0.4, -0.2) is 48.5 Å². The first-order chi connectivity index (χ1) is 14.2. The number of benzene rings is 1. The summed E-state index contributed by atoms with van der Waals surface area (Å²) in [5, 5.41) is 4.50. The zero-order valence-electron chi connectivity index (χ0n) is 17.6. The van der Waals surface area contributed by atoms with Crippen molar-refractivity contribution in [1.82, 2.24) is 9.88 Å². The third kappa shape index (κ3) is 4.29. The fraction of sp³-hybridized carbons (Fsp3) is 0.591. The third-order valence-electron chi connectivity index (χ3n) is 6.13. The molecule has 5 nitrogen and oxygen atoms in total. The van der Waals surface area contributed by atoms with Crippen LogP contribution < -0.4 is 14.8 Å². The first-order valence-corrected chi connectivity index (χ1v) is 10.5. The predicted octanol–water partition coefficient (Wildman–Crippen LogP) is 4.92. The van der Waals surface area contributed by atoms with Gasteiger partial charge in [0.15, 0.2) is 11.5 Å². The summed E-state index contributed by atoms with van der Waals surface area (Å²) in [4.78, 5) is 7.13. The Bertz CT molecular complexity index is 922. The summed E-state index contributed by atoms with van der Waals surface area (Å²) in [7, 11) is 1.35. The van der Waals surface area contributed by atoms with Gasteiger partial charge in [0.1, 0.15) is 0 Å². The average Bonchev–Trinajstić information content (AvgIpc) is 3.15. The molecule has 1 aromatic carbocycles. The molecule has 1 aliphatic carbocycles. The topological polar surface area (TPSA) is 46.6 Å². The largest absolute Gasteiger partial charge is 0.573 e. The minimum absolute atomic E-state index is 0.0530. The van der Waals surface area contributed by atoms with Crippen LogP contribution in [0.1, 0.15) is 44.4 Å². The number of halogens is 3. The first kappa shape index (κ1) is 21.0. The molecule has 4 rings (SSSR count). The van der Waals surface area contributed by atoms with Gasteiger partial charge in [-0.05, 0) is 57.6 Å². The lowest BCUT2D eigenvalue weighted by molar-refractivity contribution is -0.275. The number of methoxy groups -OCH3 is 1. The van der Waals surface area contributed by atoms with Gasteiger partial charge in [0, 0.05) is 48.0 Å². The van der Waals surface area contributed by atoms with Crippen LogP contribution in [0.3, 0.4) is 0 Å². The van der Waals surface area contributed by atoms with E-state index in [0.29, 0.717) is 17.6 Å². The number of ether oxygens (including phenoxy) is 2. The molecule has 30 heavy (non-hydrogen) atoms. The van der Waals surface area contributed by atoms with E-state index in [0.717, 1.165) is 62.0 Å². The van der Waals surface area contributed by atoms with Crippen molar-refractivity contribution in [1.29, 1.82) is 0 Å². The highest BCUT2D eigenvalue weighted by Gasteiger charge is 2.33. The minimum atomic E-state index is -4.79. The number of pyridine rings is 1. The lowest BCUT2D eigenvalue weighted by atomic mass is 10.0. The Morgan fingerprint density at radius 2 is 1.87 bits per heavy atom. The maximum atomic E-state index is 12.8. The lowest BCUT2D eigenvalue weighted by Gasteiger charge is -2.35. The van der Waals surface area contributed by atoms with E-state index >= 15 is 0 Å². The molecule has 0 spiro atoms. The van der Waals surface area contributed by atoms with Crippen LogP contribution in [0.15, 0.2) is 12.1 Å². The molecule has 2 heterocycles. The van der Waals surface area contributed by atoms with Crippen molar-refractivity contribution in [3.63, 3.8) is 0 Å². The molecule has 2 aromatic rings. The summed E-state index contributed by atoms with van der Waals surface area (Å²) in [6, 6.07) is 3.82. The molecule has 1 saturated heterocycles. The number of fused-ring (bicyclic) bond motifs is 2. The van der Waals surface area contributed by atoms with Gasteiger partial charge in [-0.15, -0.1) is 13.2 Å². The Balaban J connectivity index is 1.71. The van der Waals surface area contributed by atoms with Gasteiger partial charge < -0.3 is 19.7 Å². The first-order valence-electron chi connectivity index (χ1n) is 10.5. The molecule has 2 aliphatic rings. The monoisotopic (exact) mass is 423 g/mol. The number of nitrogens with one attached hydrogen (secondary N) is 1. The van der Waals surface area contributed by atoms with Crippen LogP contribution >= 0.6 is 0 Å². The molecule has 0 saturated carbocycles. The summed E-state index contributed by atoms with van der Waals surface area (Å²) in [6.07, 6.45) is 0.0411. The van der Waals surface area contributed by atoms with Crippen LogP contribution in [0.2, 0.25) is 0 Å². The number of hydrogen-bond acceptors (Lipinski definition) is 5. The quantitative estimate of drug-likeness (QED) is 0.740. The van der Waals surface area contributed by atoms with Crippen LogP contribution in [0, 0.1) is 0 Å². The van der Waals surface area contributed by atoms with Crippen molar-refractivity contribution < 1.29 is 22.6 Å². The summed E-state index contributed by atoms with van der Waals surface area (Å²) in [5.74, 6) is -0.309. The van der Waals surface area contributed by atoms with Gasteiger partial charge in [0.05, 0.1) is 12.6 Å². The van der Waals surface area contributed by atoms with E-state index in [2.05, 4.69) is 33.8 Å². The van der Waals surface area contributed by atoms with Crippen molar-refractivity contribution in [2.24, 2.45) is 0 Å². The molecule has 0 amide bonds. The van der Waals surface area contributed by atoms with Crippen molar-refractivity contribution >= 4 is 16.6 Å². The number of rotatable bonds is 5. The fourth-order valence-corrected chi connectivity index (χ4v) is 4.56. The summed E-state index contributed by atoms with van der Waals surface area (Å²) >= 11 is 0. The van der Waals surface area contributed by atoms with E-state index in [1.807, 2.05) is 0 Å². The number of nitrogens with zero attached hydrogens (tertiary/aromatic N) is 2. The summed E-state index contributed by atoms with van der Waals surface area (Å²) in [5.41, 5.74) is 3.64. The molecule has 0 radical (unpaired) electrons. The number of piperidine rings is 1. The zero-order valence-corrected chi connectivity index (χ0v) is 17.6. The Kier molecular flexibility index (Phi) is 5.70. The second-order valence-corrected chi connectivity index (χ2v) is 8.38. The van der Waals surface area contributed by atoms with Crippen LogP contribution in [0.4, 0.5) is 18.9 Å². The van der Waals surface area contributed by atoms with Gasteiger partial charge >= 0.3 is 6.36 Å². The van der Waals surface area contributed by atoms with Crippen LogP contribution in [0.5, 0.6) is 11.5 Å². The molecule has 0 bridgehead atoms. The molecule has 1 fully saturated rings. The van der Waals surface area contributed by atoms with Gasteiger partial charge in [-0.2, -0.15) is 0 Å². The predicted molar refractivity (Wildman–Crippen MR) is 110 cm³/mol. The highest BCUT2D eigenvalue weighted by Crippen LogP contribution is 2.41. The van der Waals surface area contributed by atoms with E-state index in [-0.39, 0.29) is 11.5 Å². The maximum Gasteiger partial charge on any atom is 0.573 e. The molecule has 0 atom stereocenters. The zero-order chi connectivity index (χ0) is 21.5. The summed E-state index contributed by atoms with van der Waals surface area (Å²) in [6.45, 7) is 6.49. The summed E-state index contributed by atoms with van der Waals surface area (Å²) < 4.78 is 47.9. The number of likely N-dealkylation sites (tertiary alicyclic amines) is 1. The Morgan fingerprint density at radius 3 is 2.50 bits per heavy atom. The second kappa shape index (κ2) is 8.13. The lowest BCUT2D eigenvalue weighted by Crippen LogP contribution is -2.42. The molecular weight excluding hydrogens is 395 g/mol. The number of aromatic nitrogens is 1. The van der Waals surface area contributed by atoms with Crippen molar-refractivity contribution in [2.75, 3.05) is 25.5 Å². The van der Waals surface area contributed by atoms with Crippen molar-refractivity contribution in [3.05, 3.63) is 23.4 Å². The van der Waals surface area contributed by atoms with Gasteiger partial charge in [0.2, 0.25) is 0 Å². The van der Waals surface area contributed by atoms with Crippen LogP contribution in [0.25, 0.3) is 10.9 Å². The van der Waals surface area contributed by atoms with E-state index in [4.69, 9.17) is 4.74 Å². The van der Waals surface area contributed by atoms with Gasteiger partial charge in [-0.25, -0.2) is 0 Å². The fourth-order valence-electron chi connectivity index (χ4n) is 4.56. The number of anilines is 1. The van der Waals surface area contributed by atoms with Crippen molar-refractivity contribution in [2.45, 2.75) is 64.4 Å². The molecule has 0 unspecified atom stereocenters. The van der Waals surface area contributed by atoms with Crippen molar-refractivity contribution in [3.8, 4) is 11.5 Å². The number of alkyl halides is 3. The second-order valence-electron chi connectivity index (χ2n) is 8.38. The van der Waals surface area contributed by atoms with Gasteiger partial charge in [-0.1, -0.05) is 0 Å². The third-order valence-corrected chi connectivity index (χ3v) is 6.13. The molecule has 1 N–H and O–H groups in total. The number of aryl methyl sites for hydroxylation is 1. The highest BCUT2D eigenvalue weighted by molar-refractivity contribution is 5.96. The molecule has 1 aromatic heterocycles. The van der Waals surface area contributed by atoms with E-state index in [9.17, 15) is 13.2 Å². The van der Waals surface area contributed by atoms with Gasteiger partial charge in [0.25, 0.3) is 0 Å². The average molecular weight is 423 g/mol. The minimum Gasteiger partial charge on any atom is -0.493 e. The molecule has 1 aliphatic heterocycles. The molecule has 8 heteroatoms. The molecular formula is C22H28F3N3O2. The van der Waals surface area contributed by atoms with E-state index in [1.54, 1.807) is 6.07 Å². The maximum absolute atomic E-state index is 12.8. The standard InChI is InChI=1S/C22H28F3N3O2/c1-13(2)28-9-7-14(8-10-28)26-21-15-5-4-6-17(15)27-18-12-20(30-22(23,24)25)19(29-3)11-16(18)21/h11-14H,4-10H2,1-3H3,(H,26,27). The van der Waals surface area contributed by atoms with Gasteiger partial charge in [-0.3, -0.25) is 4.98 Å². The van der Waals surface area contributed by atoms with E-state index in [1.165, 1.54) is 18.7 Å². The molecule has 164 valence electrons. The number of hydrogen-bond donors (Lipinski definition) is 1. The Morgan fingerprint density at radius 1 is 1.13 bits per heavy atom. The Hall–Kier alpha value is -2.22. The smallest absolute Gasteiger partial charge is 0.493 e.